The van der Waals surface area contributed by atoms with Crippen molar-refractivity contribution in [3.05, 3.63) is 71.8 Å². The van der Waals surface area contributed by atoms with E-state index in [1.807, 2.05) is 0 Å². The SMILES string of the molecule is B=BOC[C@H]1S[C@@H](OC(C)=O)[C@H](OC(=O)c2ccccc2)[C@@H]1OC(=O)c1ccccc1. The number of benzene rings is 2. The van der Waals surface area contributed by atoms with Crippen molar-refractivity contribution in [1.29, 1.82) is 0 Å². The minimum absolute atomic E-state index is 0.123. The van der Waals surface area contributed by atoms with Crippen LogP contribution >= 0.6 is 11.8 Å². The molecule has 2 aromatic rings. The fraction of sp³-hybridized carbons (Fsp3) is 0.286. The second kappa shape index (κ2) is 10.9. The van der Waals surface area contributed by atoms with E-state index in [0.717, 1.165) is 0 Å². The predicted molar refractivity (Wildman–Crippen MR) is 117 cm³/mol. The van der Waals surface area contributed by atoms with Gasteiger partial charge in [0, 0.05) is 0 Å². The Labute approximate surface area is 185 Å². The van der Waals surface area contributed by atoms with Gasteiger partial charge in [0.15, 0.2) is 0 Å². The number of carbonyl (C=O) groups is 3. The zero-order valence-electron chi connectivity index (χ0n) is 16.8. The first-order chi connectivity index (χ1) is 15.0. The van der Waals surface area contributed by atoms with Crippen molar-refractivity contribution in [2.45, 2.75) is 29.8 Å². The van der Waals surface area contributed by atoms with Crippen LogP contribution in [0.4, 0.5) is 0 Å². The summed E-state index contributed by atoms with van der Waals surface area (Å²) < 4.78 is 22.1. The molecule has 0 spiro atoms. The summed E-state index contributed by atoms with van der Waals surface area (Å²) in [5.41, 5.74) is -0.190. The number of ether oxygens (including phenoxy) is 3. The number of hydrogen-bond donors (Lipinski definition) is 0. The first-order valence-electron chi connectivity index (χ1n) is 9.57. The van der Waals surface area contributed by atoms with E-state index >= 15 is 0 Å². The molecule has 1 saturated heterocycles. The molecule has 0 unspecified atom stereocenters. The van der Waals surface area contributed by atoms with Crippen LogP contribution in [0.25, 0.3) is 0 Å². The van der Waals surface area contributed by atoms with E-state index in [1.165, 1.54) is 25.7 Å². The minimum atomic E-state index is -1.02. The summed E-state index contributed by atoms with van der Waals surface area (Å²) in [5.74, 6) is -1.75. The van der Waals surface area contributed by atoms with Crippen molar-refractivity contribution in [3.63, 3.8) is 0 Å². The molecule has 1 aliphatic rings. The van der Waals surface area contributed by atoms with Crippen LogP contribution < -0.4 is 0 Å². The molecule has 10 heteroatoms. The average Bonchev–Trinajstić information content (AvgIpc) is 3.08. The van der Waals surface area contributed by atoms with Gasteiger partial charge in [-0.2, -0.15) is 0 Å². The van der Waals surface area contributed by atoms with Gasteiger partial charge in [0.1, 0.15) is 0 Å². The summed E-state index contributed by atoms with van der Waals surface area (Å²) in [6, 6.07) is 16.8. The predicted octanol–water partition coefficient (Wildman–Crippen LogP) is 1.89. The van der Waals surface area contributed by atoms with Gasteiger partial charge in [-0.05, 0) is 0 Å². The summed E-state index contributed by atoms with van der Waals surface area (Å²) in [6.07, 6.45) is -1.93. The van der Waals surface area contributed by atoms with Gasteiger partial charge >= 0.3 is 186 Å². The van der Waals surface area contributed by atoms with Crippen molar-refractivity contribution < 1.29 is 33.2 Å². The first kappa shape index (κ1) is 22.8. The molecule has 31 heavy (non-hydrogen) atoms. The normalized spacial score (nSPS) is 22.1. The Hall–Kier alpha value is -2.87. The first-order valence-corrected chi connectivity index (χ1v) is 10.5. The molecule has 3 rings (SSSR count). The summed E-state index contributed by atoms with van der Waals surface area (Å²) in [4.78, 5) is 37.0. The molecule has 158 valence electrons. The van der Waals surface area contributed by atoms with E-state index in [4.69, 9.17) is 18.9 Å². The summed E-state index contributed by atoms with van der Waals surface area (Å²) in [5, 5.41) is -0.455. The molecule has 1 aliphatic heterocycles. The molecule has 0 radical (unpaired) electrons. The maximum atomic E-state index is 12.7. The van der Waals surface area contributed by atoms with Crippen LogP contribution in [0, 0.1) is 0 Å². The number of rotatable bonds is 8. The van der Waals surface area contributed by atoms with Crippen molar-refractivity contribution >= 4 is 44.0 Å². The Morgan fingerprint density at radius 1 is 0.871 bits per heavy atom. The van der Waals surface area contributed by atoms with Crippen molar-refractivity contribution in [1.82, 2.24) is 0 Å². The molecule has 7 nitrogen and oxygen atoms in total. The zero-order valence-corrected chi connectivity index (χ0v) is 17.7. The Morgan fingerprint density at radius 2 is 1.39 bits per heavy atom. The molecule has 1 fully saturated rings. The van der Waals surface area contributed by atoms with Crippen molar-refractivity contribution in [2.75, 3.05) is 6.61 Å². The van der Waals surface area contributed by atoms with E-state index in [9.17, 15) is 14.4 Å². The van der Waals surface area contributed by atoms with Crippen LogP contribution in [0.15, 0.2) is 60.7 Å². The van der Waals surface area contributed by atoms with Gasteiger partial charge in [-0.15, -0.1) is 0 Å². The van der Waals surface area contributed by atoms with Crippen LogP contribution in [0.5, 0.6) is 0 Å². The fourth-order valence-corrected chi connectivity index (χ4v) is 4.47. The van der Waals surface area contributed by atoms with Crippen molar-refractivity contribution in [3.8, 4) is 0 Å². The number of carbonyl (C=O) groups excluding carboxylic acids is 3. The maximum absolute atomic E-state index is 12.7. The molecule has 0 saturated carbocycles. The average molecular weight is 438 g/mol. The standard InChI is InChI=1S/C21H20B2O7S/c1-13(24)28-21-18(30-20(26)15-10-6-3-7-11-15)17(16(31-21)12-27-23-22)29-19(25)14-8-4-2-5-9-14/h2-11,16-18,21-22H,12H2,1H3/t16-,17-,18-,21-/m1/s1. The number of thioether (sulfide) groups is 1. The molecule has 2 aromatic carbocycles. The van der Waals surface area contributed by atoms with E-state index in [1.54, 1.807) is 60.7 Å². The monoisotopic (exact) mass is 438 g/mol. The summed E-state index contributed by atoms with van der Waals surface area (Å²) >= 11 is 1.20. The van der Waals surface area contributed by atoms with E-state index in [2.05, 4.69) is 7.37 Å². The van der Waals surface area contributed by atoms with Gasteiger partial charge in [0.05, 0.1) is 0 Å². The summed E-state index contributed by atoms with van der Waals surface area (Å²) in [7, 11) is 4.78. The second-order valence-corrected chi connectivity index (χ2v) is 7.97. The fourth-order valence-electron chi connectivity index (χ4n) is 3.05. The molecular weight excluding hydrogens is 418 g/mol. The second-order valence-electron chi connectivity index (χ2n) is 6.62. The third-order valence-corrected chi connectivity index (χ3v) is 5.82. The van der Waals surface area contributed by atoms with E-state index in [-0.39, 0.29) is 6.61 Å². The molecule has 1 heterocycles. The van der Waals surface area contributed by atoms with Crippen LogP contribution in [0.1, 0.15) is 27.6 Å². The Bertz CT molecular complexity index is 926. The van der Waals surface area contributed by atoms with E-state index < -0.39 is 40.8 Å². The van der Waals surface area contributed by atoms with Crippen LogP contribution in [0.2, 0.25) is 0 Å². The van der Waals surface area contributed by atoms with Gasteiger partial charge in [0.2, 0.25) is 0 Å². The van der Waals surface area contributed by atoms with Crippen LogP contribution in [-0.4, -0.2) is 61.8 Å². The molecular formula is C21H20B2O7S. The molecule has 0 bridgehead atoms. The molecule has 4 atom stereocenters. The number of hydrogen-bond acceptors (Lipinski definition) is 8. The van der Waals surface area contributed by atoms with Gasteiger partial charge in [-0.1, -0.05) is 0 Å². The third kappa shape index (κ3) is 6.07. The van der Waals surface area contributed by atoms with Gasteiger partial charge in [0.25, 0.3) is 0 Å². The van der Waals surface area contributed by atoms with Gasteiger partial charge in [-0.3, -0.25) is 0 Å². The van der Waals surface area contributed by atoms with Crippen molar-refractivity contribution in [2.24, 2.45) is 0 Å². The van der Waals surface area contributed by atoms with Crippen LogP contribution in [-0.2, 0) is 23.7 Å². The summed E-state index contributed by atoms with van der Waals surface area (Å²) in [6.45, 7) is 1.38. The van der Waals surface area contributed by atoms with Gasteiger partial charge < -0.3 is 0 Å². The Morgan fingerprint density at radius 3 is 1.87 bits per heavy atom. The van der Waals surface area contributed by atoms with Crippen LogP contribution in [0.3, 0.4) is 0 Å². The zero-order chi connectivity index (χ0) is 22.2. The molecule has 0 amide bonds. The third-order valence-electron chi connectivity index (χ3n) is 4.43. The number of esters is 3. The molecule has 0 aromatic heterocycles. The Kier molecular flexibility index (Phi) is 8.06. The molecule has 0 N–H and O–H groups in total. The van der Waals surface area contributed by atoms with Gasteiger partial charge in [-0.25, -0.2) is 0 Å². The topological polar surface area (TPSA) is 88.1 Å². The van der Waals surface area contributed by atoms with E-state index in [0.29, 0.717) is 11.1 Å². The Balaban J connectivity index is 1.86. The molecule has 0 aliphatic carbocycles. The quantitative estimate of drug-likeness (QED) is 0.351.